The Morgan fingerprint density at radius 2 is 1.75 bits per heavy atom. The first kappa shape index (κ1) is 19.2. The van der Waals surface area contributed by atoms with Gasteiger partial charge in [0.1, 0.15) is 23.1 Å². The molecule has 0 atom stereocenters. The number of nitrogens with zero attached hydrogens (tertiary/aromatic N) is 2. The molecule has 3 rings (SSSR count). The van der Waals surface area contributed by atoms with Crippen LogP contribution in [0.4, 0.5) is 31.9 Å². The van der Waals surface area contributed by atoms with Crippen LogP contribution in [0.15, 0.2) is 48.5 Å². The minimum atomic E-state index is -0.738. The summed E-state index contributed by atoms with van der Waals surface area (Å²) < 4.78 is 32.8. The van der Waals surface area contributed by atoms with E-state index in [1.165, 1.54) is 6.07 Å². The molecule has 8 heteroatoms. The molecule has 0 aliphatic rings. The second kappa shape index (κ2) is 8.43. The fourth-order valence-corrected chi connectivity index (χ4v) is 2.53. The Bertz CT molecular complexity index is 991. The van der Waals surface area contributed by atoms with Gasteiger partial charge in [-0.05, 0) is 38.1 Å². The van der Waals surface area contributed by atoms with Gasteiger partial charge in [-0.15, -0.1) is 0 Å². The largest absolute Gasteiger partial charge is 0.462 e. The number of aromatic nitrogens is 2. The SMILES string of the molecule is CCOC(=O)c1ccccc1Nc1nc(C)cc(Nc2c(F)cccc2F)n1. The molecule has 1 heterocycles. The Morgan fingerprint density at radius 3 is 2.46 bits per heavy atom. The number of benzene rings is 2. The highest BCUT2D eigenvalue weighted by Crippen LogP contribution is 2.25. The topological polar surface area (TPSA) is 76.1 Å². The van der Waals surface area contributed by atoms with Crippen molar-refractivity contribution in [1.29, 1.82) is 0 Å². The van der Waals surface area contributed by atoms with Crippen molar-refractivity contribution in [3.8, 4) is 0 Å². The lowest BCUT2D eigenvalue weighted by molar-refractivity contribution is 0.0527. The van der Waals surface area contributed by atoms with E-state index < -0.39 is 17.6 Å². The van der Waals surface area contributed by atoms with Crippen LogP contribution >= 0.6 is 0 Å². The van der Waals surface area contributed by atoms with Gasteiger partial charge in [0.15, 0.2) is 0 Å². The molecule has 0 spiro atoms. The summed E-state index contributed by atoms with van der Waals surface area (Å²) in [6, 6.07) is 11.9. The zero-order valence-electron chi connectivity index (χ0n) is 15.3. The summed E-state index contributed by atoms with van der Waals surface area (Å²) >= 11 is 0. The van der Waals surface area contributed by atoms with Gasteiger partial charge in [-0.25, -0.2) is 18.6 Å². The molecule has 28 heavy (non-hydrogen) atoms. The summed E-state index contributed by atoms with van der Waals surface area (Å²) in [7, 11) is 0. The van der Waals surface area contributed by atoms with E-state index in [-0.39, 0.29) is 24.1 Å². The molecule has 0 aliphatic heterocycles. The van der Waals surface area contributed by atoms with Gasteiger partial charge in [0.2, 0.25) is 5.95 Å². The lowest BCUT2D eigenvalue weighted by atomic mass is 10.2. The van der Waals surface area contributed by atoms with Crippen molar-refractivity contribution in [1.82, 2.24) is 9.97 Å². The number of esters is 1. The standard InChI is InChI=1S/C20H18F2N4O2/c1-3-28-19(27)13-7-4-5-10-16(13)24-20-23-12(2)11-17(26-20)25-18-14(21)8-6-9-15(18)22/h4-11H,3H2,1-2H3,(H2,23,24,25,26). The second-order valence-electron chi connectivity index (χ2n) is 5.83. The normalized spacial score (nSPS) is 10.4. The predicted molar refractivity (Wildman–Crippen MR) is 102 cm³/mol. The van der Waals surface area contributed by atoms with E-state index in [9.17, 15) is 13.6 Å². The van der Waals surface area contributed by atoms with Crippen molar-refractivity contribution < 1.29 is 18.3 Å². The van der Waals surface area contributed by atoms with Crippen LogP contribution in [-0.2, 0) is 4.74 Å². The minimum Gasteiger partial charge on any atom is -0.462 e. The van der Waals surface area contributed by atoms with Crippen molar-refractivity contribution in [3.05, 3.63) is 71.4 Å². The fraction of sp³-hybridized carbons (Fsp3) is 0.150. The van der Waals surface area contributed by atoms with Crippen molar-refractivity contribution in [2.75, 3.05) is 17.2 Å². The molecule has 0 unspecified atom stereocenters. The molecule has 2 N–H and O–H groups in total. The molecule has 0 amide bonds. The van der Waals surface area contributed by atoms with Crippen LogP contribution in [0.5, 0.6) is 0 Å². The molecule has 1 aromatic heterocycles. The maximum atomic E-state index is 13.9. The highest BCUT2D eigenvalue weighted by molar-refractivity contribution is 5.96. The van der Waals surface area contributed by atoms with Gasteiger partial charge in [-0.2, -0.15) is 4.98 Å². The van der Waals surface area contributed by atoms with E-state index >= 15 is 0 Å². The van der Waals surface area contributed by atoms with Crippen molar-refractivity contribution in [2.24, 2.45) is 0 Å². The monoisotopic (exact) mass is 384 g/mol. The van der Waals surface area contributed by atoms with E-state index in [0.717, 1.165) is 12.1 Å². The van der Waals surface area contributed by atoms with E-state index in [1.54, 1.807) is 44.2 Å². The maximum Gasteiger partial charge on any atom is 0.340 e. The first-order valence-corrected chi connectivity index (χ1v) is 8.58. The highest BCUT2D eigenvalue weighted by atomic mass is 19.1. The molecule has 0 bridgehead atoms. The molecule has 144 valence electrons. The summed E-state index contributed by atoms with van der Waals surface area (Å²) in [6.45, 7) is 3.68. The highest BCUT2D eigenvalue weighted by Gasteiger charge is 2.14. The maximum absolute atomic E-state index is 13.9. The number of hydrogen-bond donors (Lipinski definition) is 2. The van der Waals surface area contributed by atoms with Crippen LogP contribution in [-0.4, -0.2) is 22.5 Å². The van der Waals surface area contributed by atoms with Crippen LogP contribution in [0, 0.1) is 18.6 Å². The van der Waals surface area contributed by atoms with Crippen LogP contribution < -0.4 is 10.6 Å². The van der Waals surface area contributed by atoms with Crippen LogP contribution in [0.3, 0.4) is 0 Å². The quantitative estimate of drug-likeness (QED) is 0.599. The molecule has 6 nitrogen and oxygen atoms in total. The molecule has 0 fully saturated rings. The Morgan fingerprint density at radius 1 is 1.04 bits per heavy atom. The van der Waals surface area contributed by atoms with Gasteiger partial charge >= 0.3 is 5.97 Å². The summed E-state index contributed by atoms with van der Waals surface area (Å²) in [4.78, 5) is 20.6. The third-order valence-electron chi connectivity index (χ3n) is 3.74. The van der Waals surface area contributed by atoms with Gasteiger partial charge in [-0.1, -0.05) is 18.2 Å². The molecule has 0 saturated heterocycles. The van der Waals surface area contributed by atoms with Crippen LogP contribution in [0.25, 0.3) is 0 Å². The lowest BCUT2D eigenvalue weighted by Crippen LogP contribution is -2.09. The number of rotatable bonds is 6. The number of aryl methyl sites for hydroxylation is 1. The molecule has 0 saturated carbocycles. The summed E-state index contributed by atoms with van der Waals surface area (Å²) in [5.74, 6) is -1.59. The Balaban J connectivity index is 1.90. The molecular formula is C20H18F2N4O2. The third kappa shape index (κ3) is 4.40. The van der Waals surface area contributed by atoms with Crippen molar-refractivity contribution in [2.45, 2.75) is 13.8 Å². The molecule has 0 aliphatic carbocycles. The number of anilines is 4. The predicted octanol–water partition coefficient (Wildman–Crippen LogP) is 4.73. The molecule has 3 aromatic rings. The number of carbonyl (C=O) groups excluding carboxylic acids is 1. The number of nitrogens with one attached hydrogen (secondary N) is 2. The Labute approximate surface area is 160 Å². The number of para-hydroxylation sites is 2. The summed E-state index contributed by atoms with van der Waals surface area (Å²) in [5, 5.41) is 5.59. The first-order chi connectivity index (χ1) is 13.5. The first-order valence-electron chi connectivity index (χ1n) is 8.58. The number of hydrogen-bond acceptors (Lipinski definition) is 6. The van der Waals surface area contributed by atoms with Crippen molar-refractivity contribution >= 4 is 29.1 Å². The molecule has 2 aromatic carbocycles. The van der Waals surface area contributed by atoms with E-state index in [0.29, 0.717) is 16.9 Å². The second-order valence-corrected chi connectivity index (χ2v) is 5.83. The van der Waals surface area contributed by atoms with Crippen molar-refractivity contribution in [3.63, 3.8) is 0 Å². The summed E-state index contributed by atoms with van der Waals surface area (Å²) in [6.07, 6.45) is 0. The van der Waals surface area contributed by atoms with E-state index in [2.05, 4.69) is 20.6 Å². The Hall–Kier alpha value is -3.55. The lowest BCUT2D eigenvalue weighted by Gasteiger charge is -2.13. The zero-order valence-corrected chi connectivity index (χ0v) is 15.3. The number of carbonyl (C=O) groups is 1. The van der Waals surface area contributed by atoms with Gasteiger partial charge < -0.3 is 15.4 Å². The summed E-state index contributed by atoms with van der Waals surface area (Å²) in [5.41, 5.74) is 1.03. The minimum absolute atomic E-state index is 0.163. The number of ether oxygens (including phenoxy) is 1. The molecular weight excluding hydrogens is 366 g/mol. The average molecular weight is 384 g/mol. The van der Waals surface area contributed by atoms with E-state index in [1.807, 2.05) is 0 Å². The Kier molecular flexibility index (Phi) is 5.78. The van der Waals surface area contributed by atoms with Gasteiger partial charge in [0.25, 0.3) is 0 Å². The number of halogens is 2. The van der Waals surface area contributed by atoms with Gasteiger partial charge in [0, 0.05) is 11.8 Å². The van der Waals surface area contributed by atoms with Crippen LogP contribution in [0.2, 0.25) is 0 Å². The van der Waals surface area contributed by atoms with E-state index in [4.69, 9.17) is 4.74 Å². The zero-order chi connectivity index (χ0) is 20.1. The fourth-order valence-electron chi connectivity index (χ4n) is 2.53. The van der Waals surface area contributed by atoms with Crippen LogP contribution in [0.1, 0.15) is 23.0 Å². The van der Waals surface area contributed by atoms with Gasteiger partial charge in [-0.3, -0.25) is 0 Å². The average Bonchev–Trinajstić information content (AvgIpc) is 2.65. The van der Waals surface area contributed by atoms with Gasteiger partial charge in [0.05, 0.1) is 17.9 Å². The molecule has 0 radical (unpaired) electrons. The smallest absolute Gasteiger partial charge is 0.340 e. The third-order valence-corrected chi connectivity index (χ3v) is 3.74.